The Morgan fingerprint density at radius 2 is 0.478 bits per heavy atom. The second kappa shape index (κ2) is 22.8. The first-order valence-corrected chi connectivity index (χ1v) is 24.2. The summed E-state index contributed by atoms with van der Waals surface area (Å²) in [5.74, 6) is 0. The van der Waals surface area contributed by atoms with E-state index in [0.29, 0.717) is 89.4 Å². The van der Waals surface area contributed by atoms with Crippen LogP contribution in [0.2, 0.25) is 0 Å². The van der Waals surface area contributed by atoms with Gasteiger partial charge in [0.05, 0.1) is 42.4 Å². The van der Waals surface area contributed by atoms with Crippen molar-refractivity contribution >= 4 is 86.8 Å². The minimum Gasteiger partial charge on any atom is -0.744 e. The first-order chi connectivity index (χ1) is 30.2. The van der Waals surface area contributed by atoms with Gasteiger partial charge in [0.1, 0.15) is 40.5 Å². The van der Waals surface area contributed by atoms with Crippen molar-refractivity contribution in [1.82, 2.24) is 19.9 Å². The molecule has 0 amide bonds. The molecule has 9 rings (SSSR count). The van der Waals surface area contributed by atoms with Gasteiger partial charge in [-0.05, 0) is 117 Å². The van der Waals surface area contributed by atoms with E-state index in [9.17, 15) is 51.9 Å². The molecule has 0 fully saturated rings. The molecule has 4 aromatic carbocycles. The van der Waals surface area contributed by atoms with Crippen LogP contribution in [0, 0.1) is 0 Å². The Labute approximate surface area is 495 Å². The van der Waals surface area contributed by atoms with Crippen LogP contribution in [0.15, 0.2) is 141 Å². The van der Waals surface area contributed by atoms with Crippen LogP contribution in [-0.4, -0.2) is 61.9 Å². The van der Waals surface area contributed by atoms with Crippen molar-refractivity contribution in [1.29, 1.82) is 0 Å². The van der Waals surface area contributed by atoms with Crippen molar-refractivity contribution in [2.45, 2.75) is 19.6 Å². The molecule has 0 unspecified atom stereocenters. The molecule has 0 N–H and O–H groups in total. The third-order valence-electron chi connectivity index (χ3n) is 10.3. The third-order valence-corrected chi connectivity index (χ3v) is 13.7. The molecule has 0 spiro atoms. The van der Waals surface area contributed by atoms with Gasteiger partial charge in [0, 0.05) is 0 Å². The number of rotatable bonds is 8. The minimum atomic E-state index is -4.82. The van der Waals surface area contributed by atoms with Crippen LogP contribution in [0.4, 0.5) is 0 Å². The van der Waals surface area contributed by atoms with Gasteiger partial charge in [-0.15, -0.1) is 22.1 Å². The Kier molecular flexibility index (Phi) is 19.6. The molecular formula is C44H24FeN4Na4O12S4. The molecule has 16 nitrogen and oxygen atoms in total. The normalized spacial score (nSPS) is 12.1. The van der Waals surface area contributed by atoms with Gasteiger partial charge in [-0.25, -0.2) is 43.6 Å². The topological polar surface area (TPSA) is 283 Å². The van der Waals surface area contributed by atoms with E-state index in [0.717, 1.165) is 48.5 Å². The van der Waals surface area contributed by atoms with E-state index in [-0.39, 0.29) is 135 Å². The van der Waals surface area contributed by atoms with Crippen LogP contribution in [0.3, 0.4) is 0 Å². The summed E-state index contributed by atoms with van der Waals surface area (Å²) in [6.45, 7) is 0. The maximum atomic E-state index is 11.9. The van der Waals surface area contributed by atoms with Crippen LogP contribution in [0.5, 0.6) is 0 Å². The van der Waals surface area contributed by atoms with Crippen LogP contribution < -0.4 is 128 Å². The van der Waals surface area contributed by atoms with Crippen molar-refractivity contribution in [2.24, 2.45) is 0 Å². The molecule has 3 aromatic heterocycles. The Bertz CT molecular complexity index is 3330. The van der Waals surface area contributed by atoms with Crippen LogP contribution in [0.25, 0.3) is 90.9 Å². The van der Waals surface area contributed by atoms with E-state index in [1.165, 1.54) is 48.5 Å². The fourth-order valence-electron chi connectivity index (χ4n) is 7.42. The van der Waals surface area contributed by atoms with E-state index < -0.39 is 60.1 Å². The van der Waals surface area contributed by atoms with Crippen molar-refractivity contribution in [3.05, 3.63) is 144 Å². The Morgan fingerprint density at radius 3 is 0.638 bits per heavy atom. The summed E-state index contributed by atoms with van der Waals surface area (Å²) >= 11 is 0. The van der Waals surface area contributed by atoms with Gasteiger partial charge in [-0.3, -0.25) is 0 Å². The van der Waals surface area contributed by atoms with Gasteiger partial charge in [0.15, 0.2) is 0 Å². The molecule has 328 valence electrons. The van der Waals surface area contributed by atoms with Gasteiger partial charge in [-0.2, -0.15) is 0 Å². The molecule has 2 aliphatic heterocycles. The molecule has 7 aromatic rings. The van der Waals surface area contributed by atoms with Crippen molar-refractivity contribution in [3.63, 3.8) is 0 Å². The second-order valence-electron chi connectivity index (χ2n) is 14.3. The Balaban J connectivity index is 0.00000207. The summed E-state index contributed by atoms with van der Waals surface area (Å²) in [6, 6.07) is 27.2. The summed E-state index contributed by atoms with van der Waals surface area (Å²) in [6.07, 6.45) is 6.65. The quantitative estimate of drug-likeness (QED) is 0.101. The maximum absolute atomic E-state index is 11.9. The summed E-state index contributed by atoms with van der Waals surface area (Å²) in [5.41, 5.74) is 5.63. The Hall–Kier alpha value is -2.36. The third kappa shape index (κ3) is 12.5. The zero-order valence-corrected chi connectivity index (χ0v) is 48.9. The first-order valence-electron chi connectivity index (χ1n) is 18.5. The molecule has 5 heterocycles. The number of nitrogens with zero attached hydrogens (tertiary/aromatic N) is 4. The zero-order valence-electron chi connectivity index (χ0n) is 36.5. The smallest absolute Gasteiger partial charge is 0.744 e. The average Bonchev–Trinajstić information content (AvgIpc) is 4.08. The van der Waals surface area contributed by atoms with E-state index in [2.05, 4.69) is 0 Å². The molecule has 0 saturated heterocycles. The predicted molar refractivity (Wildman–Crippen MR) is 230 cm³/mol. The minimum absolute atomic E-state index is 0. The van der Waals surface area contributed by atoms with Gasteiger partial charge in [-0.1, -0.05) is 72.8 Å². The van der Waals surface area contributed by atoms with Crippen molar-refractivity contribution in [3.8, 4) is 44.5 Å². The second-order valence-corrected chi connectivity index (χ2v) is 19.8. The summed E-state index contributed by atoms with van der Waals surface area (Å²) in [4.78, 5) is 18.0. The number of hydrogen-bond donors (Lipinski definition) is 0. The SMILES string of the molecule is O=S(=O)([O-])c1ccc(-c2c3nc(c(-c4ccc(S(=O)(=O)[O-])cc4)c4ccc([n-]4)c(-c4ccc(S(=O)(=O)[O-])cc4)c4nc(c(-c5ccc(S(=O)(=O)[O-])cc5)c5ccc2[n-]5)C=C4)C=C3)cc1.[Fe+2].[Na+].[Na+].[Na+].[Na+]. The monoisotopic (exact) mass is 1080 g/mol. The number of aromatic nitrogens is 4. The van der Waals surface area contributed by atoms with E-state index in [1.54, 1.807) is 48.6 Å². The van der Waals surface area contributed by atoms with E-state index in [1.807, 2.05) is 0 Å². The van der Waals surface area contributed by atoms with Crippen LogP contribution >= 0.6 is 0 Å². The van der Waals surface area contributed by atoms with Crippen molar-refractivity contribution < 1.29 is 187 Å². The maximum Gasteiger partial charge on any atom is 2.00 e. The molecule has 0 saturated carbocycles. The molecule has 25 heteroatoms. The molecule has 69 heavy (non-hydrogen) atoms. The van der Waals surface area contributed by atoms with Gasteiger partial charge >= 0.3 is 135 Å². The summed E-state index contributed by atoms with van der Waals surface area (Å²) < 4.78 is 143. The van der Waals surface area contributed by atoms with Gasteiger partial charge < -0.3 is 28.2 Å². The molecule has 2 aliphatic rings. The largest absolute Gasteiger partial charge is 2.00 e. The molecule has 8 bridgehead atoms. The van der Waals surface area contributed by atoms with Crippen molar-refractivity contribution in [2.75, 3.05) is 0 Å². The number of hydrogen-bond acceptors (Lipinski definition) is 14. The molecular weight excluding hydrogens is 1050 g/mol. The molecule has 0 atom stereocenters. The number of benzene rings is 4. The van der Waals surface area contributed by atoms with Crippen LogP contribution in [0.1, 0.15) is 22.8 Å². The standard InChI is InChI=1S/C44H28N4O12S4.Fe.4Na/c49-61(50,51)29-9-1-25(2-10-29)41-33-17-19-35(45-33)42(26-3-11-30(12-4-26)62(52,53)54)37-21-23-39(47-37)44(28-7-15-32(16-8-28)64(58,59)60)40-24-22-38(48-40)43(36-20-18-34(41)46-36)27-5-13-31(14-6-27)63(55,56)57;;;;;/h1-24H,(H,49,50,51)(H,52,53,54)(H,55,56,57)(H,58,59,60);;;;;/q-2;+2;4*+1/p-4. The van der Waals surface area contributed by atoms with E-state index >= 15 is 0 Å². The van der Waals surface area contributed by atoms with Gasteiger partial charge in [0.2, 0.25) is 0 Å². The number of fused-ring (bicyclic) bond motifs is 8. The fourth-order valence-corrected chi connectivity index (χ4v) is 9.30. The first kappa shape index (κ1) is 59.2. The molecule has 0 aliphatic carbocycles. The van der Waals surface area contributed by atoms with Gasteiger partial charge in [0.25, 0.3) is 0 Å². The van der Waals surface area contributed by atoms with Crippen LogP contribution in [-0.2, 0) is 57.5 Å². The molecule has 0 radical (unpaired) electrons. The average molecular weight is 1080 g/mol. The summed E-state index contributed by atoms with van der Waals surface area (Å²) in [5, 5.41) is 0. The van der Waals surface area contributed by atoms with E-state index in [4.69, 9.17) is 19.9 Å². The zero-order chi connectivity index (χ0) is 45.3. The Morgan fingerprint density at radius 1 is 0.304 bits per heavy atom. The predicted octanol–water partition coefficient (Wildman–Crippen LogP) is -5.79. The fraction of sp³-hybridized carbons (Fsp3) is 0. The summed E-state index contributed by atoms with van der Waals surface area (Å²) in [7, 11) is -19.3.